The Morgan fingerprint density at radius 1 is 1.23 bits per heavy atom. The van der Waals surface area contributed by atoms with Gasteiger partial charge in [-0.15, -0.1) is 0 Å². The van der Waals surface area contributed by atoms with Crippen molar-refractivity contribution in [3.63, 3.8) is 0 Å². The Bertz CT molecular complexity index is 813. The van der Waals surface area contributed by atoms with Crippen molar-refractivity contribution in [1.29, 1.82) is 0 Å². The van der Waals surface area contributed by atoms with Gasteiger partial charge in [-0.1, -0.05) is 15.9 Å². The van der Waals surface area contributed by atoms with Crippen LogP contribution >= 0.6 is 15.9 Å². The number of aryl methyl sites for hydroxylation is 1. The molecule has 1 aromatic carbocycles. The number of carbonyl (C=O) groups excluding carboxylic acids is 3. The van der Waals surface area contributed by atoms with E-state index < -0.39 is 18.5 Å². The minimum atomic E-state index is -0.698. The first-order valence-corrected chi connectivity index (χ1v) is 8.99. The number of furan rings is 1. The Morgan fingerprint density at radius 3 is 2.73 bits per heavy atom. The van der Waals surface area contributed by atoms with E-state index in [9.17, 15) is 14.4 Å². The zero-order valence-corrected chi connectivity index (χ0v) is 16.2. The average Bonchev–Trinajstić information content (AvgIpc) is 2.93. The van der Waals surface area contributed by atoms with Crippen LogP contribution in [0, 0.1) is 6.92 Å². The van der Waals surface area contributed by atoms with E-state index in [2.05, 4.69) is 21.2 Å². The maximum atomic E-state index is 12.1. The van der Waals surface area contributed by atoms with Crippen LogP contribution in [0.15, 0.2) is 27.1 Å². The Hall–Kier alpha value is -2.35. The highest BCUT2D eigenvalue weighted by Crippen LogP contribution is 2.28. The summed E-state index contributed by atoms with van der Waals surface area (Å²) in [4.78, 5) is 35.0. The van der Waals surface area contributed by atoms with E-state index >= 15 is 0 Å². The predicted octanol–water partition coefficient (Wildman–Crippen LogP) is 3.12. The molecule has 0 bridgehead atoms. The van der Waals surface area contributed by atoms with Crippen molar-refractivity contribution in [2.75, 3.05) is 19.8 Å². The van der Waals surface area contributed by atoms with E-state index in [1.54, 1.807) is 19.9 Å². The summed E-state index contributed by atoms with van der Waals surface area (Å²) in [6, 6.07) is 5.41. The highest BCUT2D eigenvalue weighted by molar-refractivity contribution is 9.10. The molecular weight excluding hydrogens is 406 g/mol. The molecule has 1 heterocycles. The third kappa shape index (κ3) is 5.32. The number of hydrogen-bond acceptors (Lipinski definition) is 6. The molecule has 140 valence electrons. The summed E-state index contributed by atoms with van der Waals surface area (Å²) in [5.41, 5.74) is 1.22. The first-order chi connectivity index (χ1) is 12.4. The standard InChI is InChI=1S/C18H20BrNO6/c1-3-24-16(22)5-4-8-20-15(21)10-25-18(23)17-11(2)13-9-12(19)6-7-14(13)26-17/h6-7,9H,3-5,8,10H2,1-2H3,(H,20,21). The zero-order chi connectivity index (χ0) is 19.1. The van der Waals surface area contributed by atoms with Crippen LogP contribution in [0.5, 0.6) is 0 Å². The fraction of sp³-hybridized carbons (Fsp3) is 0.389. The SMILES string of the molecule is CCOC(=O)CCCNC(=O)COC(=O)c1oc2ccc(Br)cc2c1C. The number of esters is 2. The molecule has 1 aromatic heterocycles. The van der Waals surface area contributed by atoms with E-state index in [4.69, 9.17) is 13.9 Å². The Kier molecular flexibility index (Phi) is 7.20. The molecule has 0 saturated heterocycles. The molecule has 0 aliphatic heterocycles. The number of halogens is 1. The van der Waals surface area contributed by atoms with E-state index in [0.717, 1.165) is 9.86 Å². The van der Waals surface area contributed by atoms with E-state index in [-0.39, 0.29) is 18.2 Å². The lowest BCUT2D eigenvalue weighted by atomic mass is 10.1. The minimum absolute atomic E-state index is 0.0770. The Labute approximate surface area is 159 Å². The monoisotopic (exact) mass is 425 g/mol. The molecular formula is C18H20BrNO6. The van der Waals surface area contributed by atoms with E-state index in [1.165, 1.54) is 0 Å². The molecule has 0 atom stereocenters. The lowest BCUT2D eigenvalue weighted by molar-refractivity contribution is -0.143. The smallest absolute Gasteiger partial charge is 0.375 e. The second-order valence-corrected chi connectivity index (χ2v) is 6.45. The van der Waals surface area contributed by atoms with Crippen LogP contribution in [-0.2, 0) is 19.1 Å². The van der Waals surface area contributed by atoms with Gasteiger partial charge in [-0.25, -0.2) is 4.79 Å². The normalized spacial score (nSPS) is 10.6. The van der Waals surface area contributed by atoms with Crippen LogP contribution in [0.4, 0.5) is 0 Å². The van der Waals surface area contributed by atoms with Gasteiger partial charge in [-0.2, -0.15) is 0 Å². The highest BCUT2D eigenvalue weighted by atomic mass is 79.9. The number of hydrogen-bond donors (Lipinski definition) is 1. The molecule has 8 heteroatoms. The molecule has 0 aliphatic rings. The second kappa shape index (κ2) is 9.38. The number of amides is 1. The number of ether oxygens (including phenoxy) is 2. The summed E-state index contributed by atoms with van der Waals surface area (Å²) in [6.45, 7) is 3.70. The molecule has 2 rings (SSSR count). The topological polar surface area (TPSA) is 94.8 Å². The summed E-state index contributed by atoms with van der Waals surface area (Å²) in [6.07, 6.45) is 0.678. The lowest BCUT2D eigenvalue weighted by Crippen LogP contribution is -2.30. The van der Waals surface area contributed by atoms with Crippen molar-refractivity contribution in [2.24, 2.45) is 0 Å². The number of nitrogens with one attached hydrogen (secondary N) is 1. The molecule has 26 heavy (non-hydrogen) atoms. The number of carbonyl (C=O) groups is 3. The molecule has 1 amide bonds. The van der Waals surface area contributed by atoms with Gasteiger partial charge in [-0.05, 0) is 38.5 Å². The highest BCUT2D eigenvalue weighted by Gasteiger charge is 2.20. The van der Waals surface area contributed by atoms with E-state index in [0.29, 0.717) is 30.7 Å². The van der Waals surface area contributed by atoms with Gasteiger partial charge < -0.3 is 19.2 Å². The molecule has 2 aromatic rings. The second-order valence-electron chi connectivity index (χ2n) is 5.53. The molecule has 0 fully saturated rings. The molecule has 0 spiro atoms. The zero-order valence-electron chi connectivity index (χ0n) is 14.6. The maximum Gasteiger partial charge on any atom is 0.375 e. The fourth-order valence-corrected chi connectivity index (χ4v) is 2.69. The summed E-state index contributed by atoms with van der Waals surface area (Å²) in [5, 5.41) is 3.38. The quantitative estimate of drug-likeness (QED) is 0.515. The minimum Gasteiger partial charge on any atom is -0.466 e. The van der Waals surface area contributed by atoms with Crippen molar-refractivity contribution in [2.45, 2.75) is 26.7 Å². The van der Waals surface area contributed by atoms with Crippen molar-refractivity contribution >= 4 is 44.7 Å². The Morgan fingerprint density at radius 2 is 2.00 bits per heavy atom. The molecule has 0 aliphatic carbocycles. The molecule has 0 unspecified atom stereocenters. The van der Waals surface area contributed by atoms with Gasteiger partial charge in [0.2, 0.25) is 5.76 Å². The van der Waals surface area contributed by atoms with Crippen molar-refractivity contribution < 1.29 is 28.3 Å². The molecule has 0 saturated carbocycles. The van der Waals surface area contributed by atoms with Crippen LogP contribution in [0.3, 0.4) is 0 Å². The first-order valence-electron chi connectivity index (χ1n) is 8.20. The van der Waals surface area contributed by atoms with Gasteiger partial charge in [0.1, 0.15) is 5.58 Å². The average molecular weight is 426 g/mol. The van der Waals surface area contributed by atoms with Crippen LogP contribution in [0.1, 0.15) is 35.9 Å². The lowest BCUT2D eigenvalue weighted by Gasteiger charge is -2.06. The summed E-state index contributed by atoms with van der Waals surface area (Å²) in [7, 11) is 0. The van der Waals surface area contributed by atoms with Crippen molar-refractivity contribution in [3.05, 3.63) is 34.0 Å². The fourth-order valence-electron chi connectivity index (χ4n) is 2.33. The molecule has 0 radical (unpaired) electrons. The van der Waals surface area contributed by atoms with E-state index in [1.807, 2.05) is 12.1 Å². The van der Waals surface area contributed by atoms with Gasteiger partial charge in [-0.3, -0.25) is 9.59 Å². The van der Waals surface area contributed by atoms with Gasteiger partial charge >= 0.3 is 11.9 Å². The molecule has 7 nitrogen and oxygen atoms in total. The van der Waals surface area contributed by atoms with Crippen LogP contribution < -0.4 is 5.32 Å². The third-order valence-corrected chi connectivity index (χ3v) is 4.10. The summed E-state index contributed by atoms with van der Waals surface area (Å²) < 4.78 is 16.2. The maximum absolute atomic E-state index is 12.1. The Balaban J connectivity index is 1.80. The number of benzene rings is 1. The molecule has 1 N–H and O–H groups in total. The van der Waals surface area contributed by atoms with Crippen molar-refractivity contribution in [1.82, 2.24) is 5.32 Å². The van der Waals surface area contributed by atoms with Crippen molar-refractivity contribution in [3.8, 4) is 0 Å². The third-order valence-electron chi connectivity index (χ3n) is 3.60. The van der Waals surface area contributed by atoms with Gasteiger partial charge in [0, 0.05) is 28.4 Å². The predicted molar refractivity (Wildman–Crippen MR) is 97.8 cm³/mol. The summed E-state index contributed by atoms with van der Waals surface area (Å²) >= 11 is 3.37. The van der Waals surface area contributed by atoms with Crippen LogP contribution in [0.2, 0.25) is 0 Å². The van der Waals surface area contributed by atoms with Crippen LogP contribution in [0.25, 0.3) is 11.0 Å². The first kappa shape index (κ1) is 20.0. The number of rotatable bonds is 8. The van der Waals surface area contributed by atoms with Gasteiger partial charge in [0.15, 0.2) is 6.61 Å². The number of fused-ring (bicyclic) bond motifs is 1. The van der Waals surface area contributed by atoms with Gasteiger partial charge in [0.25, 0.3) is 5.91 Å². The summed E-state index contributed by atoms with van der Waals surface area (Å²) in [5.74, 6) is -1.37. The van der Waals surface area contributed by atoms with Gasteiger partial charge in [0.05, 0.1) is 6.61 Å². The largest absolute Gasteiger partial charge is 0.466 e. The van der Waals surface area contributed by atoms with Crippen LogP contribution in [-0.4, -0.2) is 37.6 Å².